The van der Waals surface area contributed by atoms with Crippen LogP contribution in [0, 0.1) is 10.1 Å². The van der Waals surface area contributed by atoms with Gasteiger partial charge < -0.3 is 28.1 Å². The zero-order valence-electron chi connectivity index (χ0n) is 20.6. The van der Waals surface area contributed by atoms with Crippen molar-refractivity contribution in [2.45, 2.75) is 6.61 Å². The number of ether oxygens (including phenoxy) is 5. The number of hydrogen-bond acceptors (Lipinski definition) is 11. The SMILES string of the molecule is COc1cc(C(=O)c2[nH]nc3c(NC(=O)OCc4ccc([N+](=O)[O-])o4)c(OC)ccc23)cc(OC)c1OC. The van der Waals surface area contributed by atoms with E-state index < -0.39 is 22.7 Å². The van der Waals surface area contributed by atoms with Crippen molar-refractivity contribution in [2.75, 3.05) is 33.8 Å². The number of rotatable bonds is 10. The Kier molecular flexibility index (Phi) is 7.32. The van der Waals surface area contributed by atoms with Gasteiger partial charge in [-0.3, -0.25) is 25.3 Å². The predicted molar refractivity (Wildman–Crippen MR) is 131 cm³/mol. The minimum Gasteiger partial charge on any atom is -0.494 e. The van der Waals surface area contributed by atoms with Gasteiger partial charge in [-0.15, -0.1) is 0 Å². The number of aromatic amines is 1. The quantitative estimate of drug-likeness (QED) is 0.173. The molecular weight excluding hydrogens is 504 g/mol. The molecule has 0 saturated carbocycles. The molecule has 0 aliphatic heterocycles. The van der Waals surface area contributed by atoms with Crippen LogP contribution in [-0.4, -0.2) is 55.4 Å². The summed E-state index contributed by atoms with van der Waals surface area (Å²) in [6.45, 7) is -0.358. The smallest absolute Gasteiger partial charge is 0.433 e. The molecule has 14 nitrogen and oxygen atoms in total. The van der Waals surface area contributed by atoms with Gasteiger partial charge in [0, 0.05) is 10.9 Å². The largest absolute Gasteiger partial charge is 0.494 e. The highest BCUT2D eigenvalue weighted by atomic mass is 16.7. The maximum absolute atomic E-state index is 13.4. The molecule has 2 aromatic heterocycles. The number of H-pyrrole nitrogens is 1. The van der Waals surface area contributed by atoms with Crippen molar-refractivity contribution in [1.82, 2.24) is 10.2 Å². The Morgan fingerprint density at radius 3 is 2.26 bits per heavy atom. The molecule has 4 rings (SSSR count). The topological polar surface area (TPSA) is 177 Å². The lowest BCUT2D eigenvalue weighted by atomic mass is 10.0. The van der Waals surface area contributed by atoms with Crippen LogP contribution in [0.1, 0.15) is 21.8 Å². The van der Waals surface area contributed by atoms with E-state index in [0.717, 1.165) is 6.07 Å². The van der Waals surface area contributed by atoms with Crippen molar-refractivity contribution in [3.05, 3.63) is 63.5 Å². The molecule has 0 atom stereocenters. The summed E-state index contributed by atoms with van der Waals surface area (Å²) in [4.78, 5) is 36.0. The first-order chi connectivity index (χ1) is 18.3. The minimum absolute atomic E-state index is 0.0787. The number of aromatic nitrogens is 2. The van der Waals surface area contributed by atoms with Gasteiger partial charge in [0.05, 0.1) is 34.5 Å². The second kappa shape index (κ2) is 10.8. The number of furan rings is 1. The molecule has 0 bridgehead atoms. The van der Waals surface area contributed by atoms with E-state index >= 15 is 0 Å². The Hall–Kier alpha value is -5.27. The molecule has 1 amide bonds. The lowest BCUT2D eigenvalue weighted by Crippen LogP contribution is -2.14. The van der Waals surface area contributed by atoms with Crippen molar-refractivity contribution in [3.8, 4) is 23.0 Å². The van der Waals surface area contributed by atoms with Crippen LogP contribution < -0.4 is 24.3 Å². The van der Waals surface area contributed by atoms with Gasteiger partial charge in [-0.1, -0.05) is 0 Å². The predicted octanol–water partition coefficient (Wildman–Crippen LogP) is 4.08. The Balaban J connectivity index is 1.62. The van der Waals surface area contributed by atoms with Crippen LogP contribution in [0.2, 0.25) is 0 Å². The number of nitrogens with one attached hydrogen (secondary N) is 2. The van der Waals surface area contributed by atoms with Gasteiger partial charge in [0.25, 0.3) is 0 Å². The molecule has 2 aromatic carbocycles. The van der Waals surface area contributed by atoms with Gasteiger partial charge in [0.15, 0.2) is 18.1 Å². The van der Waals surface area contributed by atoms with E-state index in [1.807, 2.05) is 0 Å². The second-order valence-corrected chi connectivity index (χ2v) is 7.58. The normalized spacial score (nSPS) is 10.6. The number of ketones is 1. The number of hydrogen-bond donors (Lipinski definition) is 2. The maximum Gasteiger partial charge on any atom is 0.433 e. The van der Waals surface area contributed by atoms with Crippen LogP contribution in [0.15, 0.2) is 40.8 Å². The fraction of sp³-hybridized carbons (Fsp3) is 0.208. The molecule has 2 heterocycles. The van der Waals surface area contributed by atoms with Crippen molar-refractivity contribution < 1.29 is 42.6 Å². The number of methoxy groups -OCH3 is 4. The Morgan fingerprint density at radius 1 is 1.00 bits per heavy atom. The van der Waals surface area contributed by atoms with Crippen molar-refractivity contribution in [2.24, 2.45) is 0 Å². The summed E-state index contributed by atoms with van der Waals surface area (Å²) in [5.74, 6) is 0.359. The standard InChI is InChI=1S/C24H22N4O10/c1-33-15-7-6-14-19(21(15)25-24(30)37-11-13-5-8-18(38-13)28(31)32)26-27-20(14)22(29)12-9-16(34-2)23(36-4)17(10-12)35-3/h5-10H,11H2,1-4H3,(H,25,30)(H,26,27). The molecule has 0 spiro atoms. The number of benzene rings is 2. The zero-order chi connectivity index (χ0) is 27.4. The summed E-state index contributed by atoms with van der Waals surface area (Å²) < 4.78 is 31.4. The zero-order valence-corrected chi connectivity index (χ0v) is 20.6. The molecule has 14 heteroatoms. The molecule has 0 unspecified atom stereocenters. The average molecular weight is 526 g/mol. The Morgan fingerprint density at radius 2 is 1.68 bits per heavy atom. The first-order valence-corrected chi connectivity index (χ1v) is 10.9. The number of fused-ring (bicyclic) bond motifs is 1. The van der Waals surface area contributed by atoms with E-state index in [-0.39, 0.29) is 40.6 Å². The summed E-state index contributed by atoms with van der Waals surface area (Å²) in [5.41, 5.74) is 0.741. The van der Waals surface area contributed by atoms with E-state index in [9.17, 15) is 19.7 Å². The number of amides is 1. The molecule has 198 valence electrons. The third-order valence-electron chi connectivity index (χ3n) is 5.46. The van der Waals surface area contributed by atoms with Gasteiger partial charge in [0.1, 0.15) is 33.3 Å². The van der Waals surface area contributed by atoms with Gasteiger partial charge in [0.2, 0.25) is 11.5 Å². The summed E-state index contributed by atoms with van der Waals surface area (Å²) in [6, 6.07) is 8.65. The van der Waals surface area contributed by atoms with Gasteiger partial charge in [-0.25, -0.2) is 4.79 Å². The summed E-state index contributed by atoms with van der Waals surface area (Å²) >= 11 is 0. The molecule has 0 fully saturated rings. The lowest BCUT2D eigenvalue weighted by molar-refractivity contribution is -0.402. The number of carbonyl (C=O) groups is 2. The highest BCUT2D eigenvalue weighted by Gasteiger charge is 2.24. The third kappa shape index (κ3) is 4.86. The van der Waals surface area contributed by atoms with Crippen molar-refractivity contribution in [3.63, 3.8) is 0 Å². The van der Waals surface area contributed by atoms with Crippen LogP contribution in [0.4, 0.5) is 16.4 Å². The van der Waals surface area contributed by atoms with Gasteiger partial charge in [-0.2, -0.15) is 5.10 Å². The van der Waals surface area contributed by atoms with Crippen LogP contribution >= 0.6 is 0 Å². The fourth-order valence-electron chi connectivity index (χ4n) is 3.70. The minimum atomic E-state index is -0.907. The van der Waals surface area contributed by atoms with E-state index in [0.29, 0.717) is 22.6 Å². The summed E-state index contributed by atoms with van der Waals surface area (Å²) in [7, 11) is 5.73. The van der Waals surface area contributed by atoms with E-state index in [1.165, 1.54) is 46.6 Å². The highest BCUT2D eigenvalue weighted by molar-refractivity contribution is 6.17. The van der Waals surface area contributed by atoms with Crippen molar-refractivity contribution >= 4 is 34.4 Å². The first kappa shape index (κ1) is 25.8. The molecule has 38 heavy (non-hydrogen) atoms. The molecule has 0 saturated heterocycles. The van der Waals surface area contributed by atoms with Gasteiger partial charge >= 0.3 is 12.0 Å². The maximum atomic E-state index is 13.4. The van der Waals surface area contributed by atoms with Crippen molar-refractivity contribution in [1.29, 1.82) is 0 Å². The molecule has 0 aliphatic carbocycles. The summed E-state index contributed by atoms with van der Waals surface area (Å²) in [6.07, 6.45) is -0.907. The Bertz CT molecular complexity index is 1500. The average Bonchev–Trinajstić information content (AvgIpc) is 3.58. The molecule has 2 N–H and O–H groups in total. The van der Waals surface area contributed by atoms with Crippen LogP contribution in [0.5, 0.6) is 23.0 Å². The monoisotopic (exact) mass is 526 g/mol. The highest BCUT2D eigenvalue weighted by Crippen LogP contribution is 2.39. The van der Waals surface area contributed by atoms with Crippen LogP contribution in [-0.2, 0) is 11.3 Å². The molecule has 0 aliphatic rings. The number of anilines is 1. The number of nitrogens with zero attached hydrogens (tertiary/aromatic N) is 2. The lowest BCUT2D eigenvalue weighted by Gasteiger charge is -2.13. The molecule has 4 aromatic rings. The van der Waals surface area contributed by atoms with E-state index in [4.69, 9.17) is 28.1 Å². The summed E-state index contributed by atoms with van der Waals surface area (Å²) in [5, 5.41) is 20.6. The Labute approximate surface area is 214 Å². The fourth-order valence-corrected chi connectivity index (χ4v) is 3.70. The van der Waals surface area contributed by atoms with E-state index in [1.54, 1.807) is 12.1 Å². The molecular formula is C24H22N4O10. The van der Waals surface area contributed by atoms with E-state index in [2.05, 4.69) is 15.5 Å². The number of carbonyl (C=O) groups excluding carboxylic acids is 2. The first-order valence-electron chi connectivity index (χ1n) is 10.9. The second-order valence-electron chi connectivity index (χ2n) is 7.58. The number of nitro groups is 1. The molecule has 0 radical (unpaired) electrons. The third-order valence-corrected chi connectivity index (χ3v) is 5.46. The van der Waals surface area contributed by atoms with Crippen LogP contribution in [0.25, 0.3) is 10.9 Å². The van der Waals surface area contributed by atoms with Crippen LogP contribution in [0.3, 0.4) is 0 Å². The van der Waals surface area contributed by atoms with Gasteiger partial charge in [-0.05, 0) is 30.3 Å².